The first kappa shape index (κ1) is 17.9. The van der Waals surface area contributed by atoms with Gasteiger partial charge in [0.2, 0.25) is 11.6 Å². The number of carbonyl (C=O) groups is 1. The third-order valence-corrected chi connectivity index (χ3v) is 4.53. The van der Waals surface area contributed by atoms with Gasteiger partial charge in [0.25, 0.3) is 0 Å². The summed E-state index contributed by atoms with van der Waals surface area (Å²) >= 11 is 0. The van der Waals surface area contributed by atoms with E-state index in [1.165, 1.54) is 0 Å². The van der Waals surface area contributed by atoms with Gasteiger partial charge in [0.1, 0.15) is 6.72 Å². The quantitative estimate of drug-likeness (QED) is 0.274. The highest BCUT2D eigenvalue weighted by molar-refractivity contribution is 5.91. The van der Waals surface area contributed by atoms with E-state index in [-0.39, 0.29) is 5.91 Å². The van der Waals surface area contributed by atoms with Crippen LogP contribution in [-0.4, -0.2) is 53.3 Å². The van der Waals surface area contributed by atoms with Crippen LogP contribution in [0.1, 0.15) is 11.1 Å². The van der Waals surface area contributed by atoms with Gasteiger partial charge in [0.05, 0.1) is 0 Å². The van der Waals surface area contributed by atoms with Crippen LogP contribution in [0.5, 0.6) is 0 Å². The minimum Gasteiger partial charge on any atom is -0.619 e. The molecule has 2 aromatic carbocycles. The number of piperazine rings is 1. The normalized spacial score (nSPS) is 15.3. The average molecular weight is 349 g/mol. The summed E-state index contributed by atoms with van der Waals surface area (Å²) in [5, 5.41) is 11.1. The SMILES string of the molecule is C=[N+]([O-])c1ccc(CN2CCN(C(=O)/C=C/c3ccccc3)CC2)cc1. The first-order valence-electron chi connectivity index (χ1n) is 8.73. The third kappa shape index (κ3) is 4.80. The van der Waals surface area contributed by atoms with E-state index in [0.29, 0.717) is 10.4 Å². The second-order valence-electron chi connectivity index (χ2n) is 6.39. The maximum absolute atomic E-state index is 12.3. The molecule has 1 saturated heterocycles. The maximum atomic E-state index is 12.3. The molecule has 0 bridgehead atoms. The van der Waals surface area contributed by atoms with Gasteiger partial charge >= 0.3 is 0 Å². The molecule has 5 heteroatoms. The summed E-state index contributed by atoms with van der Waals surface area (Å²) in [6.07, 6.45) is 3.51. The third-order valence-electron chi connectivity index (χ3n) is 4.53. The lowest BCUT2D eigenvalue weighted by atomic mass is 10.1. The number of rotatable bonds is 5. The van der Waals surface area contributed by atoms with Gasteiger partial charge in [-0.2, -0.15) is 4.74 Å². The van der Waals surface area contributed by atoms with Crippen molar-refractivity contribution >= 4 is 24.4 Å². The van der Waals surface area contributed by atoms with E-state index >= 15 is 0 Å². The lowest BCUT2D eigenvalue weighted by molar-refractivity contribution is -0.349. The van der Waals surface area contributed by atoms with Crippen molar-refractivity contribution in [1.82, 2.24) is 9.80 Å². The Hall–Kier alpha value is -2.92. The highest BCUT2D eigenvalue weighted by atomic mass is 16.5. The summed E-state index contributed by atoms with van der Waals surface area (Å²) in [5.41, 5.74) is 2.73. The Kier molecular flexibility index (Phi) is 5.81. The van der Waals surface area contributed by atoms with Crippen molar-refractivity contribution in [2.75, 3.05) is 26.2 Å². The van der Waals surface area contributed by atoms with E-state index in [1.54, 1.807) is 18.2 Å². The summed E-state index contributed by atoms with van der Waals surface area (Å²) in [7, 11) is 0. The van der Waals surface area contributed by atoms with Crippen LogP contribution in [0.3, 0.4) is 0 Å². The van der Waals surface area contributed by atoms with Crippen molar-refractivity contribution in [3.63, 3.8) is 0 Å². The van der Waals surface area contributed by atoms with Crippen LogP contribution in [0.25, 0.3) is 6.08 Å². The molecule has 1 heterocycles. The number of amides is 1. The van der Waals surface area contributed by atoms with E-state index in [0.717, 1.165) is 43.9 Å². The van der Waals surface area contributed by atoms with Crippen molar-refractivity contribution in [3.05, 3.63) is 77.0 Å². The van der Waals surface area contributed by atoms with Gasteiger partial charge in [0.15, 0.2) is 0 Å². The predicted molar refractivity (Wildman–Crippen MR) is 104 cm³/mol. The van der Waals surface area contributed by atoms with Gasteiger partial charge in [0, 0.05) is 50.9 Å². The first-order valence-corrected chi connectivity index (χ1v) is 8.73. The van der Waals surface area contributed by atoms with Crippen LogP contribution >= 0.6 is 0 Å². The summed E-state index contributed by atoms with van der Waals surface area (Å²) in [4.78, 5) is 16.5. The molecular weight excluding hydrogens is 326 g/mol. The van der Waals surface area contributed by atoms with Crippen LogP contribution in [0, 0.1) is 5.21 Å². The van der Waals surface area contributed by atoms with Gasteiger partial charge in [-0.15, -0.1) is 0 Å². The van der Waals surface area contributed by atoms with Crippen LogP contribution in [0.2, 0.25) is 0 Å². The molecule has 0 spiro atoms. The molecule has 5 nitrogen and oxygen atoms in total. The first-order chi connectivity index (χ1) is 12.6. The van der Waals surface area contributed by atoms with Crippen molar-refractivity contribution in [3.8, 4) is 0 Å². The zero-order valence-corrected chi connectivity index (χ0v) is 14.8. The van der Waals surface area contributed by atoms with E-state index in [4.69, 9.17) is 0 Å². The summed E-state index contributed by atoms with van der Waals surface area (Å²) in [5.74, 6) is 0.0591. The molecule has 134 valence electrons. The zero-order valence-electron chi connectivity index (χ0n) is 14.8. The number of nitrogens with zero attached hydrogens (tertiary/aromatic N) is 3. The lowest BCUT2D eigenvalue weighted by Gasteiger charge is -2.34. The van der Waals surface area contributed by atoms with Crippen LogP contribution in [0.15, 0.2) is 60.7 Å². The van der Waals surface area contributed by atoms with Gasteiger partial charge in [-0.05, 0) is 17.2 Å². The highest BCUT2D eigenvalue weighted by Gasteiger charge is 2.19. The Morgan fingerprint density at radius 1 is 1.04 bits per heavy atom. The van der Waals surface area contributed by atoms with Crippen LogP contribution in [-0.2, 0) is 11.3 Å². The Labute approximate surface area is 154 Å². The van der Waals surface area contributed by atoms with Gasteiger partial charge in [-0.1, -0.05) is 42.5 Å². The summed E-state index contributed by atoms with van der Waals surface area (Å²) in [6.45, 7) is 7.29. The van der Waals surface area contributed by atoms with Crippen molar-refractivity contribution in [2.45, 2.75) is 6.54 Å². The number of benzene rings is 2. The second kappa shape index (κ2) is 8.45. The van der Waals surface area contributed by atoms with Crippen molar-refractivity contribution in [1.29, 1.82) is 0 Å². The molecule has 2 aromatic rings. The fraction of sp³-hybridized carbons (Fsp3) is 0.238. The Bertz CT molecular complexity index is 777. The highest BCUT2D eigenvalue weighted by Crippen LogP contribution is 2.14. The predicted octanol–water partition coefficient (Wildman–Crippen LogP) is 2.89. The molecular formula is C21H23N3O2. The Morgan fingerprint density at radius 3 is 2.31 bits per heavy atom. The molecule has 0 aromatic heterocycles. The molecule has 26 heavy (non-hydrogen) atoms. The van der Waals surface area contributed by atoms with Gasteiger partial charge < -0.3 is 10.1 Å². The van der Waals surface area contributed by atoms with E-state index in [1.807, 2.05) is 53.4 Å². The molecule has 1 aliphatic heterocycles. The molecule has 0 N–H and O–H groups in total. The molecule has 3 rings (SSSR count). The number of hydrogen-bond donors (Lipinski definition) is 0. The Morgan fingerprint density at radius 2 is 1.69 bits per heavy atom. The minimum atomic E-state index is 0.0591. The average Bonchev–Trinajstić information content (AvgIpc) is 2.68. The smallest absolute Gasteiger partial charge is 0.246 e. The molecule has 0 unspecified atom stereocenters. The van der Waals surface area contributed by atoms with Crippen molar-refractivity contribution < 1.29 is 9.53 Å². The van der Waals surface area contributed by atoms with Crippen molar-refractivity contribution in [2.24, 2.45) is 0 Å². The van der Waals surface area contributed by atoms with Crippen LogP contribution in [0.4, 0.5) is 5.69 Å². The maximum Gasteiger partial charge on any atom is 0.246 e. The fourth-order valence-electron chi connectivity index (χ4n) is 2.99. The fourth-order valence-corrected chi connectivity index (χ4v) is 2.99. The Balaban J connectivity index is 1.48. The molecule has 0 atom stereocenters. The van der Waals surface area contributed by atoms with E-state index in [2.05, 4.69) is 11.6 Å². The van der Waals surface area contributed by atoms with Gasteiger partial charge in [-0.3, -0.25) is 9.69 Å². The van der Waals surface area contributed by atoms with E-state index < -0.39 is 0 Å². The minimum absolute atomic E-state index is 0.0591. The molecule has 0 aliphatic carbocycles. The standard InChI is InChI=1S/C21H23N3O2/c1-22(26)20-10-7-19(8-11-20)17-23-13-15-24(16-14-23)21(25)12-9-18-5-3-2-4-6-18/h2-12H,1,13-17H2/b12-9+. The molecule has 1 amide bonds. The number of hydrogen-bond acceptors (Lipinski definition) is 3. The largest absolute Gasteiger partial charge is 0.619 e. The molecule has 0 radical (unpaired) electrons. The second-order valence-corrected chi connectivity index (χ2v) is 6.39. The summed E-state index contributed by atoms with van der Waals surface area (Å²) in [6, 6.07) is 17.3. The molecule has 1 aliphatic rings. The van der Waals surface area contributed by atoms with Gasteiger partial charge in [-0.25, -0.2) is 0 Å². The molecule has 0 saturated carbocycles. The summed E-state index contributed by atoms with van der Waals surface area (Å²) < 4.78 is 0.608. The molecule has 1 fully saturated rings. The van der Waals surface area contributed by atoms with E-state index in [9.17, 15) is 10.0 Å². The zero-order chi connectivity index (χ0) is 18.4. The lowest BCUT2D eigenvalue weighted by Crippen LogP contribution is -2.47. The topological polar surface area (TPSA) is 49.6 Å². The monoisotopic (exact) mass is 349 g/mol. The number of carbonyl (C=O) groups excluding carboxylic acids is 1. The van der Waals surface area contributed by atoms with Crippen LogP contribution < -0.4 is 0 Å².